The summed E-state index contributed by atoms with van der Waals surface area (Å²) in [6.45, 7) is 2.24. The number of benzene rings is 1. The monoisotopic (exact) mass is 216 g/mol. The third kappa shape index (κ3) is 1.24. The predicted octanol–water partition coefficient (Wildman–Crippen LogP) is 3.76. The molecule has 1 heteroatoms. The lowest BCUT2D eigenvalue weighted by molar-refractivity contribution is 0.377. The van der Waals surface area contributed by atoms with Crippen molar-refractivity contribution in [2.24, 2.45) is 0 Å². The Kier molecular flexibility index (Phi) is 2.24. The van der Waals surface area contributed by atoms with Crippen LogP contribution in [0, 0.1) is 6.92 Å². The molecule has 1 nitrogen and oxygen atoms in total. The van der Waals surface area contributed by atoms with Crippen LogP contribution < -0.4 is 4.74 Å². The summed E-state index contributed by atoms with van der Waals surface area (Å²) in [6, 6.07) is 4.38. The molecule has 3 rings (SSSR count). The van der Waals surface area contributed by atoms with Gasteiger partial charge in [0.25, 0.3) is 0 Å². The van der Waals surface area contributed by atoms with Gasteiger partial charge in [-0.05, 0) is 55.2 Å². The largest absolute Gasteiger partial charge is 0.496 e. The number of methoxy groups -OCH3 is 1. The number of fused-ring (bicyclic) bond motifs is 2. The zero-order valence-electron chi connectivity index (χ0n) is 10.3. The molecule has 2 aliphatic rings. The lowest BCUT2D eigenvalue weighted by Gasteiger charge is -2.26. The van der Waals surface area contributed by atoms with E-state index in [1.807, 2.05) is 7.11 Å². The Morgan fingerprint density at radius 3 is 2.56 bits per heavy atom. The minimum Gasteiger partial charge on any atom is -0.496 e. The summed E-state index contributed by atoms with van der Waals surface area (Å²) < 4.78 is 5.60. The number of hydrogen-bond donors (Lipinski definition) is 0. The minimum absolute atomic E-state index is 0.479. The van der Waals surface area contributed by atoms with E-state index in [1.54, 1.807) is 11.1 Å². The zero-order valence-corrected chi connectivity index (χ0v) is 10.3. The number of ether oxygens (including phenoxy) is 1. The van der Waals surface area contributed by atoms with Crippen LogP contribution in [0.2, 0.25) is 0 Å². The lowest BCUT2D eigenvalue weighted by atomic mass is 9.79. The van der Waals surface area contributed by atoms with Crippen molar-refractivity contribution in [1.82, 2.24) is 0 Å². The number of hydrogen-bond acceptors (Lipinski definition) is 1. The molecule has 2 aliphatic carbocycles. The van der Waals surface area contributed by atoms with Crippen LogP contribution in [0.1, 0.15) is 48.8 Å². The first-order valence-corrected chi connectivity index (χ1v) is 6.44. The summed E-state index contributed by atoms with van der Waals surface area (Å²) in [7, 11) is 1.81. The number of aryl methyl sites for hydroxylation is 1. The lowest BCUT2D eigenvalue weighted by Crippen LogP contribution is -2.18. The van der Waals surface area contributed by atoms with Gasteiger partial charge in [-0.3, -0.25) is 0 Å². The molecule has 1 spiro atoms. The Labute approximate surface area is 97.8 Å². The molecule has 0 unspecified atom stereocenters. The van der Waals surface area contributed by atoms with Gasteiger partial charge in [0.2, 0.25) is 0 Å². The molecular formula is C15H20O. The highest BCUT2D eigenvalue weighted by atomic mass is 16.5. The highest BCUT2D eigenvalue weighted by Gasteiger charge is 2.43. The molecule has 1 aromatic carbocycles. The van der Waals surface area contributed by atoms with Crippen molar-refractivity contribution in [3.8, 4) is 5.75 Å². The van der Waals surface area contributed by atoms with Gasteiger partial charge in [0.15, 0.2) is 0 Å². The van der Waals surface area contributed by atoms with Crippen molar-refractivity contribution in [3.63, 3.8) is 0 Å². The molecule has 0 bridgehead atoms. The smallest absolute Gasteiger partial charge is 0.122 e. The maximum absolute atomic E-state index is 5.60. The van der Waals surface area contributed by atoms with Gasteiger partial charge in [-0.25, -0.2) is 0 Å². The first-order chi connectivity index (χ1) is 7.77. The molecule has 1 fully saturated rings. The third-order valence-electron chi connectivity index (χ3n) is 4.67. The molecule has 0 N–H and O–H groups in total. The van der Waals surface area contributed by atoms with Crippen LogP contribution in [0.15, 0.2) is 12.1 Å². The molecule has 0 heterocycles. The van der Waals surface area contributed by atoms with E-state index < -0.39 is 0 Å². The second-order valence-electron chi connectivity index (χ2n) is 5.43. The Balaban J connectivity index is 2.19. The molecule has 1 saturated carbocycles. The van der Waals surface area contributed by atoms with E-state index >= 15 is 0 Å². The fourth-order valence-electron chi connectivity index (χ4n) is 3.85. The first kappa shape index (κ1) is 10.2. The van der Waals surface area contributed by atoms with Crippen LogP contribution in [0.3, 0.4) is 0 Å². The van der Waals surface area contributed by atoms with Crippen molar-refractivity contribution in [1.29, 1.82) is 0 Å². The van der Waals surface area contributed by atoms with Gasteiger partial charge in [-0.15, -0.1) is 0 Å². The molecule has 0 aromatic heterocycles. The summed E-state index contributed by atoms with van der Waals surface area (Å²) in [6.07, 6.45) is 8.16. The van der Waals surface area contributed by atoms with Gasteiger partial charge in [-0.2, -0.15) is 0 Å². The summed E-state index contributed by atoms with van der Waals surface area (Å²) >= 11 is 0. The summed E-state index contributed by atoms with van der Waals surface area (Å²) in [5.74, 6) is 1.14. The van der Waals surface area contributed by atoms with Crippen LogP contribution in [0.5, 0.6) is 5.75 Å². The molecule has 0 aliphatic heterocycles. The maximum Gasteiger partial charge on any atom is 0.122 e. The highest BCUT2D eigenvalue weighted by molar-refractivity contribution is 5.53. The molecule has 0 amide bonds. The minimum atomic E-state index is 0.479. The maximum atomic E-state index is 5.60. The Morgan fingerprint density at radius 1 is 1.12 bits per heavy atom. The highest BCUT2D eigenvalue weighted by Crippen LogP contribution is 2.53. The van der Waals surface area contributed by atoms with Crippen molar-refractivity contribution in [2.75, 3.05) is 7.11 Å². The molecule has 0 radical (unpaired) electrons. The Morgan fingerprint density at radius 2 is 1.88 bits per heavy atom. The van der Waals surface area contributed by atoms with E-state index in [2.05, 4.69) is 19.1 Å². The quantitative estimate of drug-likeness (QED) is 0.694. The topological polar surface area (TPSA) is 9.23 Å². The van der Waals surface area contributed by atoms with Crippen molar-refractivity contribution in [2.45, 2.75) is 50.9 Å². The van der Waals surface area contributed by atoms with Gasteiger partial charge in [0, 0.05) is 5.56 Å². The standard InChI is InChI=1S/C15H20O/c1-11-5-6-13(16-2)14-12(11)7-10-15(14)8-3-4-9-15/h5-6H,3-4,7-10H2,1-2H3. The van der Waals surface area contributed by atoms with E-state index in [4.69, 9.17) is 4.74 Å². The molecule has 86 valence electrons. The average molecular weight is 216 g/mol. The second-order valence-corrected chi connectivity index (χ2v) is 5.43. The van der Waals surface area contributed by atoms with E-state index in [-0.39, 0.29) is 0 Å². The van der Waals surface area contributed by atoms with E-state index in [1.165, 1.54) is 44.1 Å². The van der Waals surface area contributed by atoms with Gasteiger partial charge in [0.05, 0.1) is 7.11 Å². The molecule has 1 aromatic rings. The Bertz CT molecular complexity index is 414. The fourth-order valence-corrected chi connectivity index (χ4v) is 3.85. The normalized spacial score (nSPS) is 21.4. The van der Waals surface area contributed by atoms with Gasteiger partial charge >= 0.3 is 0 Å². The molecule has 0 saturated heterocycles. The van der Waals surface area contributed by atoms with Crippen LogP contribution >= 0.6 is 0 Å². The van der Waals surface area contributed by atoms with Crippen LogP contribution in [0.25, 0.3) is 0 Å². The summed E-state index contributed by atoms with van der Waals surface area (Å²) in [4.78, 5) is 0. The predicted molar refractivity (Wildman–Crippen MR) is 66.2 cm³/mol. The first-order valence-electron chi connectivity index (χ1n) is 6.44. The summed E-state index contributed by atoms with van der Waals surface area (Å²) in [5, 5.41) is 0. The van der Waals surface area contributed by atoms with Crippen LogP contribution in [-0.2, 0) is 11.8 Å². The molecule has 0 atom stereocenters. The Hall–Kier alpha value is -0.980. The van der Waals surface area contributed by atoms with E-state index in [0.717, 1.165) is 5.75 Å². The third-order valence-corrected chi connectivity index (χ3v) is 4.67. The zero-order chi connectivity index (χ0) is 11.2. The average Bonchev–Trinajstić information content (AvgIpc) is 2.90. The van der Waals surface area contributed by atoms with Crippen molar-refractivity contribution >= 4 is 0 Å². The number of rotatable bonds is 1. The second kappa shape index (κ2) is 3.51. The van der Waals surface area contributed by atoms with Crippen LogP contribution in [0.4, 0.5) is 0 Å². The summed E-state index contributed by atoms with van der Waals surface area (Å²) in [5.41, 5.74) is 5.08. The van der Waals surface area contributed by atoms with Crippen molar-refractivity contribution in [3.05, 3.63) is 28.8 Å². The fraction of sp³-hybridized carbons (Fsp3) is 0.600. The molecule has 16 heavy (non-hydrogen) atoms. The van der Waals surface area contributed by atoms with Crippen molar-refractivity contribution < 1.29 is 4.74 Å². The van der Waals surface area contributed by atoms with Gasteiger partial charge in [0.1, 0.15) is 5.75 Å². The van der Waals surface area contributed by atoms with E-state index in [0.29, 0.717) is 5.41 Å². The molecular weight excluding hydrogens is 196 g/mol. The van der Waals surface area contributed by atoms with Gasteiger partial charge in [-0.1, -0.05) is 18.9 Å². The van der Waals surface area contributed by atoms with Crippen LogP contribution in [-0.4, -0.2) is 7.11 Å². The van der Waals surface area contributed by atoms with E-state index in [9.17, 15) is 0 Å². The van der Waals surface area contributed by atoms with Gasteiger partial charge < -0.3 is 4.74 Å². The SMILES string of the molecule is COc1ccc(C)c2c1C1(CCCC1)CC2.